The Labute approximate surface area is 195 Å². The number of amides is 2. The molecule has 0 aliphatic carbocycles. The van der Waals surface area contributed by atoms with Gasteiger partial charge < -0.3 is 10.1 Å². The fourth-order valence-electron chi connectivity index (χ4n) is 3.93. The summed E-state index contributed by atoms with van der Waals surface area (Å²) in [7, 11) is 0. The van der Waals surface area contributed by atoms with Crippen LogP contribution in [-0.4, -0.2) is 18.4 Å². The smallest absolute Gasteiger partial charge is 0.282 e. The maximum absolute atomic E-state index is 13.6. The maximum atomic E-state index is 13.6. The van der Waals surface area contributed by atoms with E-state index in [2.05, 4.69) is 5.32 Å². The highest BCUT2D eigenvalue weighted by atomic mass is 32.1. The van der Waals surface area contributed by atoms with Crippen LogP contribution in [0.1, 0.15) is 18.2 Å². The van der Waals surface area contributed by atoms with Gasteiger partial charge in [0.15, 0.2) is 0 Å². The van der Waals surface area contributed by atoms with Gasteiger partial charge in [0, 0.05) is 22.0 Å². The number of hydrogen-bond acceptors (Lipinski definition) is 5. The molecular weight excluding hydrogens is 432 g/mol. The molecule has 3 aromatic carbocycles. The van der Waals surface area contributed by atoms with E-state index in [0.29, 0.717) is 23.6 Å². The van der Waals surface area contributed by atoms with Crippen LogP contribution in [-0.2, 0) is 9.59 Å². The van der Waals surface area contributed by atoms with Crippen LogP contribution in [0.15, 0.2) is 89.9 Å². The van der Waals surface area contributed by atoms with E-state index < -0.39 is 0 Å². The number of imide groups is 1. The minimum absolute atomic E-state index is 0.277. The van der Waals surface area contributed by atoms with Crippen LogP contribution in [0.5, 0.6) is 5.75 Å². The number of fused-ring (bicyclic) bond motifs is 1. The van der Waals surface area contributed by atoms with Crippen molar-refractivity contribution < 1.29 is 14.3 Å². The highest BCUT2D eigenvalue weighted by Crippen LogP contribution is 2.37. The lowest BCUT2D eigenvalue weighted by atomic mass is 10.1. The Kier molecular flexibility index (Phi) is 5.67. The van der Waals surface area contributed by atoms with Crippen LogP contribution < -0.4 is 15.0 Å². The first-order chi connectivity index (χ1) is 16.2. The van der Waals surface area contributed by atoms with Gasteiger partial charge >= 0.3 is 0 Å². The largest absolute Gasteiger partial charge is 0.494 e. The number of nitrogens with one attached hydrogen (secondary N) is 1. The summed E-state index contributed by atoms with van der Waals surface area (Å²) in [6, 6.07) is 24.7. The third kappa shape index (κ3) is 3.90. The fraction of sp³-hybridized carbons (Fsp3) is 0.111. The number of carbonyl (C=O) groups is 2. The Morgan fingerprint density at radius 3 is 2.55 bits per heavy atom. The topological polar surface area (TPSA) is 58.6 Å². The van der Waals surface area contributed by atoms with E-state index in [9.17, 15) is 9.59 Å². The van der Waals surface area contributed by atoms with E-state index in [-0.39, 0.29) is 17.5 Å². The molecule has 1 aliphatic heterocycles. The minimum Gasteiger partial charge on any atom is -0.494 e. The van der Waals surface area contributed by atoms with Crippen molar-refractivity contribution in [3.05, 3.63) is 94.8 Å². The standard InChI is InChI=1S/C27H22N2O3S/c1-2-15-32-20-11-6-10-19(17-20)29-26(30)24(23-14-7-16-33-23)25(27(29)31)28-22-13-5-9-18-8-3-4-12-21(18)22/h3-14,16-17,28H,2,15H2,1H3. The second kappa shape index (κ2) is 8.92. The van der Waals surface area contributed by atoms with Crippen LogP contribution in [0, 0.1) is 0 Å². The zero-order chi connectivity index (χ0) is 22.8. The highest BCUT2D eigenvalue weighted by Gasteiger charge is 2.41. The van der Waals surface area contributed by atoms with Crippen molar-refractivity contribution in [2.24, 2.45) is 0 Å². The lowest BCUT2D eigenvalue weighted by Crippen LogP contribution is -2.32. The summed E-state index contributed by atoms with van der Waals surface area (Å²) >= 11 is 1.43. The molecule has 0 saturated heterocycles. The molecule has 5 rings (SSSR count). The van der Waals surface area contributed by atoms with Crippen LogP contribution in [0.25, 0.3) is 16.3 Å². The number of carbonyl (C=O) groups excluding carboxylic acids is 2. The molecule has 5 nitrogen and oxygen atoms in total. The molecule has 1 N–H and O–H groups in total. The van der Waals surface area contributed by atoms with E-state index in [1.54, 1.807) is 18.2 Å². The van der Waals surface area contributed by atoms with Crippen molar-refractivity contribution in [2.75, 3.05) is 16.8 Å². The summed E-state index contributed by atoms with van der Waals surface area (Å²) in [5.74, 6) is -0.107. The molecule has 6 heteroatoms. The second-order valence-electron chi connectivity index (χ2n) is 7.67. The second-order valence-corrected chi connectivity index (χ2v) is 8.62. The molecule has 0 unspecified atom stereocenters. The molecule has 1 aliphatic rings. The average molecular weight is 455 g/mol. The van der Waals surface area contributed by atoms with Crippen LogP contribution in [0.4, 0.5) is 11.4 Å². The first kappa shape index (κ1) is 21.0. The molecule has 0 bridgehead atoms. The number of thiophene rings is 1. The average Bonchev–Trinajstić information content (AvgIpc) is 3.44. The van der Waals surface area contributed by atoms with Crippen molar-refractivity contribution in [1.29, 1.82) is 0 Å². The zero-order valence-electron chi connectivity index (χ0n) is 18.1. The van der Waals surface area contributed by atoms with Gasteiger partial charge in [0.25, 0.3) is 11.8 Å². The number of nitrogens with zero attached hydrogens (tertiary/aromatic N) is 1. The monoisotopic (exact) mass is 454 g/mol. The zero-order valence-corrected chi connectivity index (χ0v) is 18.9. The number of anilines is 2. The molecule has 0 spiro atoms. The van der Waals surface area contributed by atoms with E-state index in [1.165, 1.54) is 16.2 Å². The predicted octanol–water partition coefficient (Wildman–Crippen LogP) is 6.09. The van der Waals surface area contributed by atoms with Gasteiger partial charge in [0.05, 0.1) is 17.9 Å². The maximum Gasteiger partial charge on any atom is 0.282 e. The third-order valence-electron chi connectivity index (χ3n) is 5.45. The SMILES string of the molecule is CCCOc1cccc(N2C(=O)C(Nc3cccc4ccccc34)=C(c3cccs3)C2=O)c1. The van der Waals surface area contributed by atoms with E-state index >= 15 is 0 Å². The summed E-state index contributed by atoms with van der Waals surface area (Å²) < 4.78 is 5.72. The molecule has 0 fully saturated rings. The van der Waals surface area contributed by atoms with Gasteiger partial charge in [0.2, 0.25) is 0 Å². The summed E-state index contributed by atoms with van der Waals surface area (Å²) in [6.07, 6.45) is 0.870. The van der Waals surface area contributed by atoms with Gasteiger partial charge in [-0.05, 0) is 41.5 Å². The summed E-state index contributed by atoms with van der Waals surface area (Å²) in [4.78, 5) is 29.2. The molecule has 2 heterocycles. The van der Waals surface area contributed by atoms with Gasteiger partial charge in [-0.25, -0.2) is 4.90 Å². The molecule has 0 atom stereocenters. The lowest BCUT2D eigenvalue weighted by molar-refractivity contribution is -0.120. The summed E-state index contributed by atoms with van der Waals surface area (Å²) in [5.41, 5.74) is 1.92. The van der Waals surface area contributed by atoms with E-state index in [0.717, 1.165) is 27.8 Å². The molecule has 164 valence electrons. The highest BCUT2D eigenvalue weighted by molar-refractivity contribution is 7.11. The molecule has 0 saturated carbocycles. The summed E-state index contributed by atoms with van der Waals surface area (Å²) in [5, 5.41) is 7.22. The molecule has 2 amide bonds. The quantitative estimate of drug-likeness (QED) is 0.344. The lowest BCUT2D eigenvalue weighted by Gasteiger charge is -2.17. The molecule has 0 radical (unpaired) electrons. The Morgan fingerprint density at radius 1 is 0.909 bits per heavy atom. The fourth-order valence-corrected chi connectivity index (χ4v) is 4.70. The van der Waals surface area contributed by atoms with Crippen LogP contribution in [0.3, 0.4) is 0 Å². The van der Waals surface area contributed by atoms with E-state index in [1.807, 2.05) is 73.0 Å². The first-order valence-electron chi connectivity index (χ1n) is 10.8. The van der Waals surface area contributed by atoms with Crippen molar-refractivity contribution in [3.8, 4) is 5.75 Å². The normalized spacial score (nSPS) is 13.8. The predicted molar refractivity (Wildman–Crippen MR) is 134 cm³/mol. The molecule has 4 aromatic rings. The van der Waals surface area contributed by atoms with Crippen LogP contribution in [0.2, 0.25) is 0 Å². The Morgan fingerprint density at radius 2 is 1.73 bits per heavy atom. The van der Waals surface area contributed by atoms with Crippen molar-refractivity contribution >= 4 is 50.9 Å². The van der Waals surface area contributed by atoms with Gasteiger partial charge in [-0.2, -0.15) is 0 Å². The van der Waals surface area contributed by atoms with Gasteiger partial charge in [-0.15, -0.1) is 11.3 Å². The third-order valence-corrected chi connectivity index (χ3v) is 6.34. The summed E-state index contributed by atoms with van der Waals surface area (Å²) in [6.45, 7) is 2.59. The van der Waals surface area contributed by atoms with Crippen molar-refractivity contribution in [3.63, 3.8) is 0 Å². The molecule has 1 aromatic heterocycles. The number of hydrogen-bond donors (Lipinski definition) is 1. The number of rotatable bonds is 7. The number of ether oxygens (including phenoxy) is 1. The number of benzene rings is 3. The van der Waals surface area contributed by atoms with Crippen molar-refractivity contribution in [1.82, 2.24) is 0 Å². The Hall–Kier alpha value is -3.90. The van der Waals surface area contributed by atoms with E-state index in [4.69, 9.17) is 4.74 Å². The molecule has 33 heavy (non-hydrogen) atoms. The van der Waals surface area contributed by atoms with Gasteiger partial charge in [0.1, 0.15) is 11.4 Å². The Bertz CT molecular complexity index is 1370. The minimum atomic E-state index is -0.385. The van der Waals surface area contributed by atoms with Gasteiger partial charge in [-0.1, -0.05) is 55.5 Å². The van der Waals surface area contributed by atoms with Crippen LogP contribution >= 0.6 is 11.3 Å². The van der Waals surface area contributed by atoms with Gasteiger partial charge in [-0.3, -0.25) is 9.59 Å². The first-order valence-corrected chi connectivity index (χ1v) is 11.7. The Balaban J connectivity index is 1.58. The van der Waals surface area contributed by atoms with Crippen molar-refractivity contribution in [2.45, 2.75) is 13.3 Å². The molecular formula is C27H22N2O3S.